The maximum Gasteiger partial charge on any atom is 0.113 e. The van der Waals surface area contributed by atoms with Gasteiger partial charge in [-0.25, -0.2) is 0 Å². The van der Waals surface area contributed by atoms with Crippen molar-refractivity contribution >= 4 is 0 Å². The molecule has 0 atom stereocenters. The van der Waals surface area contributed by atoms with Gasteiger partial charge < -0.3 is 10.8 Å². The Bertz CT molecular complexity index is 101. The SMILES string of the molecule is CC1(C)CCC(N)(O)CC1. The molecular weight excluding hydrogens is 126 g/mol. The van der Waals surface area contributed by atoms with Gasteiger partial charge >= 0.3 is 0 Å². The van der Waals surface area contributed by atoms with Gasteiger partial charge in [0.1, 0.15) is 5.72 Å². The quantitative estimate of drug-likeness (QED) is 0.501. The van der Waals surface area contributed by atoms with Crippen molar-refractivity contribution in [1.29, 1.82) is 0 Å². The molecule has 0 unspecified atom stereocenters. The van der Waals surface area contributed by atoms with Crippen LogP contribution in [-0.4, -0.2) is 10.8 Å². The van der Waals surface area contributed by atoms with E-state index in [1.54, 1.807) is 0 Å². The molecule has 1 fully saturated rings. The van der Waals surface area contributed by atoms with Crippen LogP contribution in [0.25, 0.3) is 0 Å². The Hall–Kier alpha value is -0.0800. The van der Waals surface area contributed by atoms with Crippen LogP contribution in [-0.2, 0) is 0 Å². The van der Waals surface area contributed by atoms with Gasteiger partial charge in [-0.3, -0.25) is 0 Å². The Morgan fingerprint density at radius 1 is 1.10 bits per heavy atom. The van der Waals surface area contributed by atoms with Crippen molar-refractivity contribution in [2.24, 2.45) is 11.1 Å². The van der Waals surface area contributed by atoms with Gasteiger partial charge in [-0.15, -0.1) is 0 Å². The summed E-state index contributed by atoms with van der Waals surface area (Å²) >= 11 is 0. The lowest BCUT2D eigenvalue weighted by atomic mass is 9.74. The van der Waals surface area contributed by atoms with E-state index in [9.17, 15) is 5.11 Å². The lowest BCUT2D eigenvalue weighted by molar-refractivity contribution is -0.0202. The van der Waals surface area contributed by atoms with E-state index < -0.39 is 5.72 Å². The molecule has 0 bridgehead atoms. The van der Waals surface area contributed by atoms with Crippen LogP contribution < -0.4 is 5.73 Å². The maximum atomic E-state index is 9.38. The zero-order valence-electron chi connectivity index (χ0n) is 6.85. The highest BCUT2D eigenvalue weighted by Gasteiger charge is 2.33. The minimum Gasteiger partial charge on any atom is -0.376 e. The number of aliphatic hydroxyl groups is 1. The zero-order chi connectivity index (χ0) is 7.83. The predicted octanol–water partition coefficient (Wildman–Crippen LogP) is 1.23. The predicted molar refractivity (Wildman–Crippen MR) is 41.4 cm³/mol. The average Bonchev–Trinajstić information content (AvgIpc) is 1.79. The molecule has 2 nitrogen and oxygen atoms in total. The molecular formula is C8H17NO. The van der Waals surface area contributed by atoms with Crippen LogP contribution in [0.1, 0.15) is 39.5 Å². The highest BCUT2D eigenvalue weighted by molar-refractivity contribution is 4.84. The van der Waals surface area contributed by atoms with E-state index in [0.29, 0.717) is 5.41 Å². The summed E-state index contributed by atoms with van der Waals surface area (Å²) in [4.78, 5) is 0. The molecule has 3 N–H and O–H groups in total. The van der Waals surface area contributed by atoms with Crippen LogP contribution >= 0.6 is 0 Å². The summed E-state index contributed by atoms with van der Waals surface area (Å²) in [5, 5.41) is 9.38. The van der Waals surface area contributed by atoms with Crippen LogP contribution in [0.4, 0.5) is 0 Å². The van der Waals surface area contributed by atoms with E-state index in [1.807, 2.05) is 0 Å². The Balaban J connectivity index is 2.46. The first-order chi connectivity index (χ1) is 4.41. The summed E-state index contributed by atoms with van der Waals surface area (Å²) in [7, 11) is 0. The molecule has 1 saturated carbocycles. The van der Waals surface area contributed by atoms with Crippen LogP contribution in [0.15, 0.2) is 0 Å². The first-order valence-electron chi connectivity index (χ1n) is 3.93. The molecule has 60 valence electrons. The molecule has 1 aliphatic carbocycles. The van der Waals surface area contributed by atoms with Crippen molar-refractivity contribution < 1.29 is 5.11 Å². The summed E-state index contributed by atoms with van der Waals surface area (Å²) < 4.78 is 0. The van der Waals surface area contributed by atoms with Crippen molar-refractivity contribution in [3.63, 3.8) is 0 Å². The lowest BCUT2D eigenvalue weighted by Crippen LogP contribution is -2.44. The third-order valence-electron chi connectivity index (χ3n) is 2.47. The summed E-state index contributed by atoms with van der Waals surface area (Å²) in [5.74, 6) is 0. The molecule has 0 aromatic heterocycles. The highest BCUT2D eigenvalue weighted by Crippen LogP contribution is 2.37. The summed E-state index contributed by atoms with van der Waals surface area (Å²) in [6.07, 6.45) is 3.58. The van der Waals surface area contributed by atoms with Gasteiger partial charge in [-0.05, 0) is 31.1 Å². The van der Waals surface area contributed by atoms with Crippen molar-refractivity contribution in [2.45, 2.75) is 45.3 Å². The van der Waals surface area contributed by atoms with Gasteiger partial charge in [0.15, 0.2) is 0 Å². The van der Waals surface area contributed by atoms with Crippen LogP contribution in [0, 0.1) is 5.41 Å². The standard InChI is InChI=1S/C8H17NO/c1-7(2)3-5-8(9,10)6-4-7/h10H,3-6,9H2,1-2H3. The van der Waals surface area contributed by atoms with E-state index in [1.165, 1.54) is 0 Å². The molecule has 0 aromatic carbocycles. The second kappa shape index (κ2) is 2.21. The van der Waals surface area contributed by atoms with Gasteiger partial charge in [0.25, 0.3) is 0 Å². The topological polar surface area (TPSA) is 46.2 Å². The number of hydrogen-bond donors (Lipinski definition) is 2. The van der Waals surface area contributed by atoms with Crippen LogP contribution in [0.5, 0.6) is 0 Å². The summed E-state index contributed by atoms with van der Waals surface area (Å²) in [6, 6.07) is 0. The van der Waals surface area contributed by atoms with E-state index in [0.717, 1.165) is 25.7 Å². The molecule has 0 spiro atoms. The Kier molecular flexibility index (Phi) is 1.77. The smallest absolute Gasteiger partial charge is 0.113 e. The Morgan fingerprint density at radius 2 is 1.50 bits per heavy atom. The van der Waals surface area contributed by atoms with Crippen molar-refractivity contribution in [1.82, 2.24) is 0 Å². The van der Waals surface area contributed by atoms with Crippen molar-refractivity contribution in [3.05, 3.63) is 0 Å². The Morgan fingerprint density at radius 3 is 1.80 bits per heavy atom. The average molecular weight is 143 g/mol. The fourth-order valence-electron chi connectivity index (χ4n) is 1.36. The van der Waals surface area contributed by atoms with E-state index in [-0.39, 0.29) is 0 Å². The van der Waals surface area contributed by atoms with Gasteiger partial charge in [-0.2, -0.15) is 0 Å². The number of rotatable bonds is 0. The molecule has 10 heavy (non-hydrogen) atoms. The van der Waals surface area contributed by atoms with Crippen LogP contribution in [0.3, 0.4) is 0 Å². The normalized spacial score (nSPS) is 30.0. The first kappa shape index (κ1) is 8.02. The van der Waals surface area contributed by atoms with Crippen LogP contribution in [0.2, 0.25) is 0 Å². The first-order valence-corrected chi connectivity index (χ1v) is 3.93. The van der Waals surface area contributed by atoms with Crippen molar-refractivity contribution in [2.75, 3.05) is 0 Å². The second-order valence-corrected chi connectivity index (χ2v) is 4.27. The molecule has 0 amide bonds. The molecule has 0 aromatic rings. The van der Waals surface area contributed by atoms with Gasteiger partial charge in [0.2, 0.25) is 0 Å². The largest absolute Gasteiger partial charge is 0.376 e. The maximum absolute atomic E-state index is 9.38. The third kappa shape index (κ3) is 1.96. The molecule has 0 heterocycles. The fourth-order valence-corrected chi connectivity index (χ4v) is 1.36. The second-order valence-electron chi connectivity index (χ2n) is 4.27. The number of nitrogens with two attached hydrogens (primary N) is 1. The molecule has 1 rings (SSSR count). The van der Waals surface area contributed by atoms with E-state index >= 15 is 0 Å². The van der Waals surface area contributed by atoms with E-state index in [2.05, 4.69) is 13.8 Å². The third-order valence-corrected chi connectivity index (χ3v) is 2.47. The van der Waals surface area contributed by atoms with E-state index in [4.69, 9.17) is 5.73 Å². The lowest BCUT2D eigenvalue weighted by Gasteiger charge is -2.37. The molecule has 2 heteroatoms. The zero-order valence-corrected chi connectivity index (χ0v) is 6.85. The Labute approximate surface area is 62.4 Å². The van der Waals surface area contributed by atoms with Gasteiger partial charge in [0.05, 0.1) is 0 Å². The van der Waals surface area contributed by atoms with Crippen molar-refractivity contribution in [3.8, 4) is 0 Å². The van der Waals surface area contributed by atoms with Gasteiger partial charge in [-0.1, -0.05) is 13.8 Å². The minimum atomic E-state index is -0.866. The van der Waals surface area contributed by atoms with Gasteiger partial charge in [0, 0.05) is 0 Å². The molecule has 0 aliphatic heterocycles. The molecule has 0 saturated heterocycles. The number of hydrogen-bond acceptors (Lipinski definition) is 2. The monoisotopic (exact) mass is 143 g/mol. The molecule has 0 radical (unpaired) electrons. The fraction of sp³-hybridized carbons (Fsp3) is 1.00. The molecule has 1 aliphatic rings. The minimum absolute atomic E-state index is 0.394. The highest BCUT2D eigenvalue weighted by atomic mass is 16.3. The summed E-state index contributed by atoms with van der Waals surface area (Å²) in [5.41, 5.74) is 5.08. The summed E-state index contributed by atoms with van der Waals surface area (Å²) in [6.45, 7) is 4.45.